The lowest BCUT2D eigenvalue weighted by molar-refractivity contribution is -0.131. The van der Waals surface area contributed by atoms with E-state index < -0.39 is 16.1 Å². The first-order valence-corrected chi connectivity index (χ1v) is 8.71. The largest absolute Gasteiger partial charge is 0.344 e. The van der Waals surface area contributed by atoms with Crippen LogP contribution in [0, 0.1) is 0 Å². The van der Waals surface area contributed by atoms with Gasteiger partial charge in [0.15, 0.2) is 0 Å². The summed E-state index contributed by atoms with van der Waals surface area (Å²) in [6.45, 7) is 0.673. The van der Waals surface area contributed by atoms with E-state index in [4.69, 9.17) is 0 Å². The average Bonchev–Trinajstić information content (AvgIpc) is 2.54. The maximum atomic E-state index is 12.4. The highest BCUT2D eigenvalue weighted by Gasteiger charge is 2.30. The third-order valence-corrected chi connectivity index (χ3v) is 5.82. The molecule has 5 nitrogen and oxygen atoms in total. The Morgan fingerprint density at radius 1 is 1.30 bits per heavy atom. The van der Waals surface area contributed by atoms with Crippen LogP contribution in [0.4, 0.5) is 0 Å². The van der Waals surface area contributed by atoms with Crippen molar-refractivity contribution < 1.29 is 13.2 Å². The van der Waals surface area contributed by atoms with Gasteiger partial charge >= 0.3 is 0 Å². The number of hydrogen-bond donors (Lipinski definition) is 1. The molecular formula is C13H17BrN2O3S. The van der Waals surface area contributed by atoms with Crippen LogP contribution >= 0.6 is 15.9 Å². The van der Waals surface area contributed by atoms with E-state index in [1.54, 1.807) is 30.1 Å². The molecule has 1 heterocycles. The molecule has 1 N–H and O–H groups in total. The summed E-state index contributed by atoms with van der Waals surface area (Å²) in [7, 11) is -2.01. The Morgan fingerprint density at radius 3 is 2.70 bits per heavy atom. The molecule has 0 aliphatic carbocycles. The summed E-state index contributed by atoms with van der Waals surface area (Å²) in [5, 5.41) is 0. The lowest BCUT2D eigenvalue weighted by Gasteiger charge is -2.21. The minimum absolute atomic E-state index is 0.153. The zero-order valence-electron chi connectivity index (χ0n) is 11.2. The normalized spacial score (nSPS) is 20.8. The molecule has 20 heavy (non-hydrogen) atoms. The third-order valence-electron chi connectivity index (χ3n) is 3.33. The molecule has 1 saturated heterocycles. The maximum absolute atomic E-state index is 12.4. The number of halogens is 1. The highest BCUT2D eigenvalue weighted by atomic mass is 79.9. The Morgan fingerprint density at radius 2 is 2.00 bits per heavy atom. The predicted octanol–water partition coefficient (Wildman–Crippen LogP) is 1.74. The summed E-state index contributed by atoms with van der Waals surface area (Å²) in [5.41, 5.74) is 0. The van der Waals surface area contributed by atoms with Crippen molar-refractivity contribution in [2.24, 2.45) is 0 Å². The second kappa shape index (κ2) is 6.24. The van der Waals surface area contributed by atoms with Crippen LogP contribution in [-0.4, -0.2) is 38.9 Å². The Hall–Kier alpha value is -0.920. The molecule has 0 unspecified atom stereocenters. The summed E-state index contributed by atoms with van der Waals surface area (Å²) in [5.74, 6) is -0.168. The van der Waals surface area contributed by atoms with Gasteiger partial charge < -0.3 is 4.90 Å². The first kappa shape index (κ1) is 15.5. The van der Waals surface area contributed by atoms with Crippen LogP contribution in [0.1, 0.15) is 19.3 Å². The van der Waals surface area contributed by atoms with E-state index in [9.17, 15) is 13.2 Å². The molecule has 7 heteroatoms. The van der Waals surface area contributed by atoms with Gasteiger partial charge in [0.25, 0.3) is 0 Å². The molecule has 1 fully saturated rings. The average molecular weight is 361 g/mol. The van der Waals surface area contributed by atoms with Gasteiger partial charge in [-0.25, -0.2) is 8.42 Å². The number of rotatable bonds is 3. The number of nitrogens with zero attached hydrogens (tertiary/aromatic N) is 1. The lowest BCUT2D eigenvalue weighted by Crippen LogP contribution is -2.46. The molecule has 1 aromatic carbocycles. The van der Waals surface area contributed by atoms with Crippen molar-refractivity contribution in [3.8, 4) is 0 Å². The van der Waals surface area contributed by atoms with Crippen LogP contribution in [-0.2, 0) is 14.8 Å². The Labute approximate surface area is 127 Å². The number of likely N-dealkylation sites (N-methyl/N-ethyl adjacent to an activating group) is 1. The number of hydrogen-bond acceptors (Lipinski definition) is 3. The van der Waals surface area contributed by atoms with Crippen molar-refractivity contribution in [2.75, 3.05) is 13.6 Å². The fraction of sp³-hybridized carbons (Fsp3) is 0.462. The van der Waals surface area contributed by atoms with Crippen LogP contribution in [0.15, 0.2) is 33.6 Å². The van der Waals surface area contributed by atoms with Crippen molar-refractivity contribution in [2.45, 2.75) is 30.2 Å². The van der Waals surface area contributed by atoms with Crippen molar-refractivity contribution in [1.29, 1.82) is 0 Å². The number of amides is 1. The Kier molecular flexibility index (Phi) is 4.82. The van der Waals surface area contributed by atoms with Crippen LogP contribution in [0.25, 0.3) is 0 Å². The summed E-state index contributed by atoms with van der Waals surface area (Å²) in [4.78, 5) is 13.9. The maximum Gasteiger partial charge on any atom is 0.242 e. The monoisotopic (exact) mass is 360 g/mol. The molecule has 110 valence electrons. The standard InChI is InChI=1S/C13H17BrN2O3S/c1-16-9-5-4-7-11(13(16)17)15-20(18,19)12-8-3-2-6-10(12)14/h2-3,6,8,11,15H,4-5,7,9H2,1H3/t11-/m0/s1. The fourth-order valence-corrected chi connectivity index (χ4v) is 4.45. The van der Waals surface area contributed by atoms with Crippen molar-refractivity contribution in [3.63, 3.8) is 0 Å². The summed E-state index contributed by atoms with van der Waals surface area (Å²) in [6, 6.07) is 5.89. The second-order valence-corrected chi connectivity index (χ2v) is 7.40. The van der Waals surface area contributed by atoms with Gasteiger partial charge in [-0.2, -0.15) is 4.72 Å². The van der Waals surface area contributed by atoms with Gasteiger partial charge in [0, 0.05) is 18.1 Å². The molecule has 1 aromatic rings. The van der Waals surface area contributed by atoms with Gasteiger partial charge in [0.05, 0.1) is 4.90 Å². The van der Waals surface area contributed by atoms with E-state index in [0.29, 0.717) is 17.4 Å². The predicted molar refractivity (Wildman–Crippen MR) is 79.7 cm³/mol. The van der Waals surface area contributed by atoms with Crippen LogP contribution < -0.4 is 4.72 Å². The van der Waals surface area contributed by atoms with E-state index in [0.717, 1.165) is 12.8 Å². The Bertz CT molecular complexity index is 603. The molecule has 1 aliphatic heterocycles. The summed E-state index contributed by atoms with van der Waals surface area (Å²) >= 11 is 3.22. The minimum atomic E-state index is -3.71. The molecule has 0 aromatic heterocycles. The number of likely N-dealkylation sites (tertiary alicyclic amines) is 1. The molecule has 0 radical (unpaired) electrons. The van der Waals surface area contributed by atoms with Gasteiger partial charge in [-0.3, -0.25) is 4.79 Å². The third kappa shape index (κ3) is 3.39. The number of benzene rings is 1. The zero-order chi connectivity index (χ0) is 14.8. The number of nitrogens with one attached hydrogen (secondary N) is 1. The molecule has 1 aliphatic rings. The fourth-order valence-electron chi connectivity index (χ4n) is 2.22. The number of carbonyl (C=O) groups is 1. The van der Waals surface area contributed by atoms with Crippen LogP contribution in [0.5, 0.6) is 0 Å². The molecule has 1 atom stereocenters. The highest BCUT2D eigenvalue weighted by Crippen LogP contribution is 2.22. The second-order valence-electron chi connectivity index (χ2n) is 4.86. The van der Waals surface area contributed by atoms with Crippen LogP contribution in [0.3, 0.4) is 0 Å². The van der Waals surface area contributed by atoms with Crippen molar-refractivity contribution >= 4 is 31.9 Å². The highest BCUT2D eigenvalue weighted by molar-refractivity contribution is 9.10. The first-order valence-electron chi connectivity index (χ1n) is 6.43. The molecule has 0 bridgehead atoms. The van der Waals surface area contributed by atoms with E-state index >= 15 is 0 Å². The number of sulfonamides is 1. The molecule has 0 spiro atoms. The number of carbonyl (C=O) groups excluding carboxylic acids is 1. The molecule has 1 amide bonds. The first-order chi connectivity index (χ1) is 9.42. The van der Waals surface area contributed by atoms with Gasteiger partial charge in [-0.15, -0.1) is 0 Å². The molecule has 2 rings (SSSR count). The smallest absolute Gasteiger partial charge is 0.242 e. The van der Waals surface area contributed by atoms with Crippen molar-refractivity contribution in [1.82, 2.24) is 9.62 Å². The van der Waals surface area contributed by atoms with Crippen LogP contribution in [0.2, 0.25) is 0 Å². The lowest BCUT2D eigenvalue weighted by atomic mass is 10.1. The van der Waals surface area contributed by atoms with E-state index in [-0.39, 0.29) is 10.8 Å². The topological polar surface area (TPSA) is 66.5 Å². The molecule has 0 saturated carbocycles. The van der Waals surface area contributed by atoms with Gasteiger partial charge in [-0.05, 0) is 47.3 Å². The van der Waals surface area contributed by atoms with E-state index in [1.165, 1.54) is 6.07 Å². The van der Waals surface area contributed by atoms with Crippen molar-refractivity contribution in [3.05, 3.63) is 28.7 Å². The SMILES string of the molecule is CN1CCCC[C@H](NS(=O)(=O)c2ccccc2Br)C1=O. The van der Waals surface area contributed by atoms with E-state index in [2.05, 4.69) is 20.7 Å². The van der Waals surface area contributed by atoms with E-state index in [1.807, 2.05) is 0 Å². The summed E-state index contributed by atoms with van der Waals surface area (Å²) < 4.78 is 27.8. The zero-order valence-corrected chi connectivity index (χ0v) is 13.6. The summed E-state index contributed by atoms with van der Waals surface area (Å²) in [6.07, 6.45) is 2.27. The van der Waals surface area contributed by atoms with Gasteiger partial charge in [0.2, 0.25) is 15.9 Å². The minimum Gasteiger partial charge on any atom is -0.344 e. The quantitative estimate of drug-likeness (QED) is 0.892. The van der Waals surface area contributed by atoms with Gasteiger partial charge in [0.1, 0.15) is 6.04 Å². The Balaban J connectivity index is 2.24. The van der Waals surface area contributed by atoms with Gasteiger partial charge in [-0.1, -0.05) is 12.1 Å². The molecular weight excluding hydrogens is 344 g/mol.